The van der Waals surface area contributed by atoms with Crippen molar-refractivity contribution in [1.82, 2.24) is 9.38 Å². The van der Waals surface area contributed by atoms with Crippen LogP contribution in [0.5, 0.6) is 11.6 Å². The van der Waals surface area contributed by atoms with Gasteiger partial charge in [-0.3, -0.25) is 4.40 Å². The molecule has 0 aliphatic carbocycles. The summed E-state index contributed by atoms with van der Waals surface area (Å²) in [6, 6.07) is 12.0. The molecule has 0 radical (unpaired) electrons. The molecule has 0 bridgehead atoms. The Morgan fingerprint density at radius 1 is 0.947 bits per heavy atom. The second-order valence-electron chi connectivity index (χ2n) is 4.17. The number of nitrogens with zero attached hydrogens (tertiary/aromatic N) is 2. The van der Waals surface area contributed by atoms with Crippen LogP contribution in [-0.2, 0) is 0 Å². The Labute approximate surface area is 111 Å². The van der Waals surface area contributed by atoms with Gasteiger partial charge in [-0.2, -0.15) is 0 Å². The zero-order chi connectivity index (χ0) is 13.2. The lowest BCUT2D eigenvalue weighted by Gasteiger charge is -2.08. The van der Waals surface area contributed by atoms with Crippen LogP contribution in [0.15, 0.2) is 48.8 Å². The van der Waals surface area contributed by atoms with Crippen LogP contribution in [0.4, 0.5) is 0 Å². The summed E-state index contributed by atoms with van der Waals surface area (Å²) in [6.45, 7) is 0. The first kappa shape index (κ1) is 11.6. The van der Waals surface area contributed by atoms with Crippen LogP contribution in [-0.4, -0.2) is 23.6 Å². The quantitative estimate of drug-likeness (QED) is 0.720. The van der Waals surface area contributed by atoms with Crippen molar-refractivity contribution < 1.29 is 9.47 Å². The van der Waals surface area contributed by atoms with Crippen molar-refractivity contribution in [2.24, 2.45) is 0 Å². The summed E-state index contributed by atoms with van der Waals surface area (Å²) in [6.07, 6.45) is 3.64. The molecular formula is C15H14N2O2. The Hall–Kier alpha value is -2.49. The fourth-order valence-electron chi connectivity index (χ4n) is 2.10. The lowest BCUT2D eigenvalue weighted by molar-refractivity contribution is 0.392. The van der Waals surface area contributed by atoms with E-state index in [4.69, 9.17) is 9.47 Å². The van der Waals surface area contributed by atoms with Crippen LogP contribution in [0.25, 0.3) is 16.8 Å². The first-order valence-electron chi connectivity index (χ1n) is 5.97. The van der Waals surface area contributed by atoms with Crippen molar-refractivity contribution in [2.45, 2.75) is 0 Å². The van der Waals surface area contributed by atoms with E-state index in [1.54, 1.807) is 20.4 Å². The lowest BCUT2D eigenvalue weighted by Crippen LogP contribution is -1.94. The highest BCUT2D eigenvalue weighted by Gasteiger charge is 2.06. The molecule has 4 heteroatoms. The number of fused-ring (bicyclic) bond motifs is 1. The molecule has 0 amide bonds. The molecule has 0 fully saturated rings. The minimum absolute atomic E-state index is 0.765. The van der Waals surface area contributed by atoms with Gasteiger partial charge in [0.05, 0.1) is 14.2 Å². The van der Waals surface area contributed by atoms with Crippen molar-refractivity contribution in [3.63, 3.8) is 0 Å². The maximum absolute atomic E-state index is 5.39. The molecule has 3 aromatic rings. The third kappa shape index (κ3) is 2.01. The number of hydrogen-bond acceptors (Lipinski definition) is 3. The van der Waals surface area contributed by atoms with Crippen molar-refractivity contribution >= 4 is 5.65 Å². The van der Waals surface area contributed by atoms with Crippen LogP contribution in [0.3, 0.4) is 0 Å². The third-order valence-electron chi connectivity index (χ3n) is 3.10. The van der Waals surface area contributed by atoms with E-state index in [0.29, 0.717) is 0 Å². The number of aromatic nitrogens is 2. The Balaban J connectivity index is 2.12. The predicted octanol–water partition coefficient (Wildman–Crippen LogP) is 3.02. The molecule has 19 heavy (non-hydrogen) atoms. The van der Waals surface area contributed by atoms with Crippen molar-refractivity contribution in [3.05, 3.63) is 48.8 Å². The molecule has 2 heterocycles. The van der Waals surface area contributed by atoms with E-state index in [1.807, 2.05) is 47.0 Å². The van der Waals surface area contributed by atoms with E-state index >= 15 is 0 Å². The van der Waals surface area contributed by atoms with E-state index in [1.165, 1.54) is 0 Å². The number of methoxy groups -OCH3 is 2. The van der Waals surface area contributed by atoms with Gasteiger partial charge in [-0.1, -0.05) is 12.1 Å². The van der Waals surface area contributed by atoms with Gasteiger partial charge in [-0.25, -0.2) is 4.98 Å². The zero-order valence-corrected chi connectivity index (χ0v) is 10.8. The van der Waals surface area contributed by atoms with E-state index in [-0.39, 0.29) is 0 Å². The standard InChI is InChI=1S/C15H14N2O2/c1-18-13-5-3-11(4-6-13)12-9-14-16-7-8-17(14)15(10-12)19-2/h3-10H,1-2H3. The lowest BCUT2D eigenvalue weighted by atomic mass is 10.1. The van der Waals surface area contributed by atoms with Gasteiger partial charge in [0.25, 0.3) is 0 Å². The van der Waals surface area contributed by atoms with Crippen LogP contribution >= 0.6 is 0 Å². The molecule has 0 atom stereocenters. The maximum Gasteiger partial charge on any atom is 0.199 e. The van der Waals surface area contributed by atoms with Crippen LogP contribution in [0, 0.1) is 0 Å². The fraction of sp³-hybridized carbons (Fsp3) is 0.133. The molecule has 0 unspecified atom stereocenters. The molecule has 3 rings (SSSR count). The summed E-state index contributed by atoms with van der Waals surface area (Å²) in [7, 11) is 3.32. The topological polar surface area (TPSA) is 35.8 Å². The minimum atomic E-state index is 0.765. The summed E-state index contributed by atoms with van der Waals surface area (Å²) in [5.74, 6) is 1.61. The van der Waals surface area contributed by atoms with Gasteiger partial charge in [-0.05, 0) is 29.3 Å². The molecule has 0 aliphatic heterocycles. The first-order chi connectivity index (χ1) is 9.31. The van der Waals surface area contributed by atoms with Gasteiger partial charge in [-0.15, -0.1) is 0 Å². The van der Waals surface area contributed by atoms with Gasteiger partial charge in [0, 0.05) is 18.5 Å². The average molecular weight is 254 g/mol. The second-order valence-corrected chi connectivity index (χ2v) is 4.17. The number of pyridine rings is 1. The van der Waals surface area contributed by atoms with E-state index in [0.717, 1.165) is 28.4 Å². The number of rotatable bonds is 3. The fourth-order valence-corrected chi connectivity index (χ4v) is 2.10. The van der Waals surface area contributed by atoms with Gasteiger partial charge in [0.1, 0.15) is 11.4 Å². The number of benzene rings is 1. The molecule has 0 saturated carbocycles. The highest BCUT2D eigenvalue weighted by molar-refractivity contribution is 5.69. The average Bonchev–Trinajstić information content (AvgIpc) is 2.94. The van der Waals surface area contributed by atoms with E-state index in [9.17, 15) is 0 Å². The van der Waals surface area contributed by atoms with Crippen LogP contribution in [0.1, 0.15) is 0 Å². The molecule has 1 aromatic carbocycles. The van der Waals surface area contributed by atoms with Crippen LogP contribution in [0.2, 0.25) is 0 Å². The molecule has 0 saturated heterocycles. The normalized spacial score (nSPS) is 10.6. The Kier molecular flexibility index (Phi) is 2.83. The highest BCUT2D eigenvalue weighted by atomic mass is 16.5. The third-order valence-corrected chi connectivity index (χ3v) is 3.10. The number of hydrogen-bond donors (Lipinski definition) is 0. The Bertz CT molecular complexity index is 702. The highest BCUT2D eigenvalue weighted by Crippen LogP contribution is 2.27. The van der Waals surface area contributed by atoms with Gasteiger partial charge < -0.3 is 9.47 Å². The second kappa shape index (κ2) is 4.65. The number of imidazole rings is 1. The van der Waals surface area contributed by atoms with Gasteiger partial charge >= 0.3 is 0 Å². The summed E-state index contributed by atoms with van der Waals surface area (Å²) < 4.78 is 12.5. The molecule has 4 nitrogen and oxygen atoms in total. The molecule has 2 aromatic heterocycles. The smallest absolute Gasteiger partial charge is 0.199 e. The minimum Gasteiger partial charge on any atom is -0.497 e. The predicted molar refractivity (Wildman–Crippen MR) is 73.7 cm³/mol. The summed E-state index contributed by atoms with van der Waals surface area (Å²) in [4.78, 5) is 4.31. The van der Waals surface area contributed by atoms with E-state index < -0.39 is 0 Å². The van der Waals surface area contributed by atoms with Crippen molar-refractivity contribution in [3.8, 4) is 22.8 Å². The Morgan fingerprint density at radius 3 is 2.42 bits per heavy atom. The largest absolute Gasteiger partial charge is 0.497 e. The maximum atomic E-state index is 5.39. The van der Waals surface area contributed by atoms with Crippen LogP contribution < -0.4 is 9.47 Å². The van der Waals surface area contributed by atoms with Crippen molar-refractivity contribution in [2.75, 3.05) is 14.2 Å². The first-order valence-corrected chi connectivity index (χ1v) is 5.97. The Morgan fingerprint density at radius 2 is 1.74 bits per heavy atom. The SMILES string of the molecule is COc1ccc(-c2cc(OC)n3ccnc3c2)cc1. The summed E-state index contributed by atoms with van der Waals surface area (Å²) in [5.41, 5.74) is 3.04. The van der Waals surface area contributed by atoms with E-state index in [2.05, 4.69) is 4.98 Å². The monoisotopic (exact) mass is 254 g/mol. The van der Waals surface area contributed by atoms with Gasteiger partial charge in [0.15, 0.2) is 5.88 Å². The molecular weight excluding hydrogens is 240 g/mol. The molecule has 96 valence electrons. The van der Waals surface area contributed by atoms with Crippen molar-refractivity contribution in [1.29, 1.82) is 0 Å². The van der Waals surface area contributed by atoms with Gasteiger partial charge in [0.2, 0.25) is 0 Å². The zero-order valence-electron chi connectivity index (χ0n) is 10.8. The number of ether oxygens (including phenoxy) is 2. The molecule has 0 spiro atoms. The summed E-state index contributed by atoms with van der Waals surface area (Å²) in [5, 5.41) is 0. The molecule has 0 N–H and O–H groups in total. The summed E-state index contributed by atoms with van der Waals surface area (Å²) >= 11 is 0. The molecule has 0 aliphatic rings.